The monoisotopic (exact) mass is 285 g/mol. The van der Waals surface area contributed by atoms with Crippen molar-refractivity contribution in [2.45, 2.75) is 39.3 Å². The molecular weight excluding hydrogens is 262 g/mol. The maximum atomic E-state index is 5.70. The molecule has 1 N–H and O–H groups in total. The second kappa shape index (κ2) is 7.18. The van der Waals surface area contributed by atoms with Crippen molar-refractivity contribution in [1.82, 2.24) is 15.3 Å². The van der Waals surface area contributed by atoms with Crippen LogP contribution >= 0.6 is 0 Å². The molecule has 0 aromatic carbocycles. The van der Waals surface area contributed by atoms with Crippen molar-refractivity contribution < 1.29 is 4.74 Å². The first-order chi connectivity index (χ1) is 10.0. The van der Waals surface area contributed by atoms with Crippen LogP contribution in [0.5, 0.6) is 5.88 Å². The molecule has 0 spiro atoms. The number of nitrogens with one attached hydrogen (secondary N) is 1. The highest BCUT2D eigenvalue weighted by Gasteiger charge is 2.09. The van der Waals surface area contributed by atoms with Gasteiger partial charge in [0.1, 0.15) is 0 Å². The molecule has 2 aromatic rings. The predicted molar refractivity (Wildman–Crippen MR) is 84.3 cm³/mol. The van der Waals surface area contributed by atoms with E-state index in [1.54, 1.807) is 6.20 Å². The van der Waals surface area contributed by atoms with E-state index in [0.717, 1.165) is 24.4 Å². The van der Waals surface area contributed by atoms with Crippen LogP contribution in [0.4, 0.5) is 0 Å². The number of hydrogen-bond donors (Lipinski definition) is 1. The Kier molecular flexibility index (Phi) is 5.28. The summed E-state index contributed by atoms with van der Waals surface area (Å²) in [5.41, 5.74) is 2.10. The Labute approximate surface area is 126 Å². The second-order valence-corrected chi connectivity index (χ2v) is 5.99. The van der Waals surface area contributed by atoms with Gasteiger partial charge in [-0.25, -0.2) is 4.98 Å². The van der Waals surface area contributed by atoms with E-state index in [1.807, 2.05) is 36.4 Å². The van der Waals surface area contributed by atoms with Gasteiger partial charge in [0.25, 0.3) is 0 Å². The normalized spacial score (nSPS) is 11.4. The lowest BCUT2D eigenvalue weighted by atomic mass is 10.1. The van der Waals surface area contributed by atoms with Gasteiger partial charge in [-0.2, -0.15) is 0 Å². The zero-order chi connectivity index (χ0) is 15.1. The zero-order valence-corrected chi connectivity index (χ0v) is 13.0. The predicted octanol–water partition coefficient (Wildman–Crippen LogP) is 2.99. The molecule has 2 aromatic heterocycles. The van der Waals surface area contributed by atoms with Gasteiger partial charge >= 0.3 is 0 Å². The molecule has 112 valence electrons. The Morgan fingerprint density at radius 2 is 1.86 bits per heavy atom. The molecular formula is C17H23N3O. The van der Waals surface area contributed by atoms with Gasteiger partial charge in [0.05, 0.1) is 12.3 Å². The third kappa shape index (κ3) is 5.92. The average Bonchev–Trinajstić information content (AvgIpc) is 2.46. The fourth-order valence-corrected chi connectivity index (χ4v) is 1.80. The third-order valence-corrected chi connectivity index (χ3v) is 2.92. The van der Waals surface area contributed by atoms with Crippen LogP contribution in [0.1, 0.15) is 32.2 Å². The van der Waals surface area contributed by atoms with Crippen LogP contribution < -0.4 is 10.1 Å². The second-order valence-electron chi connectivity index (χ2n) is 5.99. The average molecular weight is 285 g/mol. The minimum absolute atomic E-state index is 0.0809. The summed E-state index contributed by atoms with van der Waals surface area (Å²) in [6.45, 7) is 7.74. The standard InChI is InChI=1S/C17H23N3O/c1-17(2,3)19-13-15-8-6-9-16(20-15)21-12-10-14-7-4-5-11-18-14/h4-9,11,19H,10,12-13H2,1-3H3. The number of rotatable bonds is 6. The molecule has 0 fully saturated rings. The highest BCUT2D eigenvalue weighted by atomic mass is 16.5. The largest absolute Gasteiger partial charge is 0.477 e. The summed E-state index contributed by atoms with van der Waals surface area (Å²) in [4.78, 5) is 8.78. The van der Waals surface area contributed by atoms with E-state index in [4.69, 9.17) is 4.74 Å². The molecule has 0 bridgehead atoms. The van der Waals surface area contributed by atoms with Crippen molar-refractivity contribution in [3.05, 3.63) is 54.0 Å². The van der Waals surface area contributed by atoms with Crippen LogP contribution in [0.3, 0.4) is 0 Å². The highest BCUT2D eigenvalue weighted by Crippen LogP contribution is 2.09. The van der Waals surface area contributed by atoms with Crippen LogP contribution in [0, 0.1) is 0 Å². The number of hydrogen-bond acceptors (Lipinski definition) is 4. The van der Waals surface area contributed by atoms with E-state index < -0.39 is 0 Å². The molecule has 2 heterocycles. The van der Waals surface area contributed by atoms with Gasteiger partial charge in [0, 0.05) is 36.5 Å². The molecule has 0 radical (unpaired) electrons. The van der Waals surface area contributed by atoms with Crippen LogP contribution in [-0.2, 0) is 13.0 Å². The SMILES string of the molecule is CC(C)(C)NCc1cccc(OCCc2ccccn2)n1. The lowest BCUT2D eigenvalue weighted by Crippen LogP contribution is -2.35. The maximum absolute atomic E-state index is 5.70. The topological polar surface area (TPSA) is 47.0 Å². The van der Waals surface area contributed by atoms with Crippen LogP contribution in [0.2, 0.25) is 0 Å². The summed E-state index contributed by atoms with van der Waals surface area (Å²) in [5.74, 6) is 0.666. The first kappa shape index (κ1) is 15.4. The van der Waals surface area contributed by atoms with Crippen LogP contribution in [0.25, 0.3) is 0 Å². The molecule has 0 amide bonds. The van der Waals surface area contributed by atoms with Gasteiger partial charge in [-0.1, -0.05) is 12.1 Å². The molecule has 0 saturated heterocycles. The molecule has 0 aliphatic carbocycles. The van der Waals surface area contributed by atoms with Crippen molar-refractivity contribution in [2.75, 3.05) is 6.61 Å². The third-order valence-electron chi connectivity index (χ3n) is 2.92. The molecule has 0 aliphatic heterocycles. The fraction of sp³-hybridized carbons (Fsp3) is 0.412. The first-order valence-electron chi connectivity index (χ1n) is 7.27. The Balaban J connectivity index is 1.83. The number of nitrogens with zero attached hydrogens (tertiary/aromatic N) is 2. The fourth-order valence-electron chi connectivity index (χ4n) is 1.80. The van der Waals surface area contributed by atoms with Crippen molar-refractivity contribution in [1.29, 1.82) is 0 Å². The van der Waals surface area contributed by atoms with Gasteiger partial charge in [-0.3, -0.25) is 4.98 Å². The smallest absolute Gasteiger partial charge is 0.213 e. The Bertz CT molecular complexity index is 549. The zero-order valence-electron chi connectivity index (χ0n) is 13.0. The quantitative estimate of drug-likeness (QED) is 0.886. The van der Waals surface area contributed by atoms with E-state index in [9.17, 15) is 0 Å². The van der Waals surface area contributed by atoms with E-state index >= 15 is 0 Å². The van der Waals surface area contributed by atoms with E-state index in [-0.39, 0.29) is 5.54 Å². The lowest BCUT2D eigenvalue weighted by Gasteiger charge is -2.20. The highest BCUT2D eigenvalue weighted by molar-refractivity contribution is 5.16. The molecule has 21 heavy (non-hydrogen) atoms. The van der Waals surface area contributed by atoms with Gasteiger partial charge in [0.15, 0.2) is 0 Å². The molecule has 2 rings (SSSR count). The Hall–Kier alpha value is -1.94. The summed E-state index contributed by atoms with van der Waals surface area (Å²) < 4.78 is 5.70. The van der Waals surface area contributed by atoms with Crippen molar-refractivity contribution in [2.24, 2.45) is 0 Å². The first-order valence-corrected chi connectivity index (χ1v) is 7.27. The van der Waals surface area contributed by atoms with Crippen molar-refractivity contribution in [3.63, 3.8) is 0 Å². The van der Waals surface area contributed by atoms with Gasteiger partial charge in [0.2, 0.25) is 5.88 Å². The molecule has 0 saturated carbocycles. The summed E-state index contributed by atoms with van der Waals surface area (Å²) in [7, 11) is 0. The minimum atomic E-state index is 0.0809. The number of aromatic nitrogens is 2. The summed E-state index contributed by atoms with van der Waals surface area (Å²) in [6, 6.07) is 11.8. The lowest BCUT2D eigenvalue weighted by molar-refractivity contribution is 0.306. The van der Waals surface area contributed by atoms with Crippen LogP contribution in [0.15, 0.2) is 42.6 Å². The van der Waals surface area contributed by atoms with Gasteiger partial charge in [-0.05, 0) is 39.0 Å². The Morgan fingerprint density at radius 1 is 1.05 bits per heavy atom. The van der Waals surface area contributed by atoms with Gasteiger partial charge < -0.3 is 10.1 Å². The maximum Gasteiger partial charge on any atom is 0.213 e. The molecule has 0 atom stereocenters. The number of ether oxygens (including phenoxy) is 1. The van der Waals surface area contributed by atoms with Crippen LogP contribution in [-0.4, -0.2) is 22.1 Å². The summed E-state index contributed by atoms with van der Waals surface area (Å²) >= 11 is 0. The van der Waals surface area contributed by atoms with Crippen molar-refractivity contribution in [3.8, 4) is 5.88 Å². The van der Waals surface area contributed by atoms with Gasteiger partial charge in [-0.15, -0.1) is 0 Å². The molecule has 4 nitrogen and oxygen atoms in total. The Morgan fingerprint density at radius 3 is 2.57 bits per heavy atom. The molecule has 0 unspecified atom stereocenters. The summed E-state index contributed by atoms with van der Waals surface area (Å²) in [5, 5.41) is 3.42. The van der Waals surface area contributed by atoms with Crippen molar-refractivity contribution >= 4 is 0 Å². The van der Waals surface area contributed by atoms with E-state index in [0.29, 0.717) is 12.5 Å². The molecule has 0 aliphatic rings. The minimum Gasteiger partial charge on any atom is -0.477 e. The number of pyridine rings is 2. The van der Waals surface area contributed by atoms with E-state index in [2.05, 4.69) is 36.1 Å². The molecule has 4 heteroatoms. The summed E-state index contributed by atoms with van der Waals surface area (Å²) in [6.07, 6.45) is 2.58. The van der Waals surface area contributed by atoms with E-state index in [1.165, 1.54) is 0 Å².